The van der Waals surface area contributed by atoms with Crippen molar-refractivity contribution >= 4 is 27.7 Å². The van der Waals surface area contributed by atoms with Crippen LogP contribution in [0.25, 0.3) is 38.8 Å². The molecular weight excluding hydrogens is 858 g/mol. The maximum absolute atomic E-state index is 6.95. The van der Waals surface area contributed by atoms with Gasteiger partial charge in [0.2, 0.25) is 0 Å². The Balaban J connectivity index is 0.00000427. The summed E-state index contributed by atoms with van der Waals surface area (Å²) >= 11 is 0. The summed E-state index contributed by atoms with van der Waals surface area (Å²) in [4.78, 5) is 10.3. The fourth-order valence-electron chi connectivity index (χ4n) is 9.86. The minimum Gasteiger partial charge on any atom is -0.512 e. The number of hydrogen-bond acceptors (Lipinski definition) is 4. The van der Waals surface area contributed by atoms with Crippen LogP contribution in [-0.4, -0.2) is 26.6 Å². The Morgan fingerprint density at radius 2 is 1.55 bits per heavy atom. The number of aromatic nitrogens is 2. The number of pyridine rings is 1. The van der Waals surface area contributed by atoms with E-state index in [0.29, 0.717) is 17.4 Å². The molecule has 1 saturated carbocycles. The van der Waals surface area contributed by atoms with E-state index in [2.05, 4.69) is 148 Å². The Bertz CT molecular complexity index is 2620. The van der Waals surface area contributed by atoms with Gasteiger partial charge in [-0.15, -0.1) is 23.1 Å². The van der Waals surface area contributed by atoms with Crippen LogP contribution in [0.2, 0.25) is 0 Å². The molecule has 5 nitrogen and oxygen atoms in total. The molecule has 1 fully saturated rings. The van der Waals surface area contributed by atoms with E-state index in [4.69, 9.17) is 19.5 Å². The second kappa shape index (κ2) is 12.4. The Hall–Kier alpha value is -4.21. The molecule has 0 bridgehead atoms. The summed E-state index contributed by atoms with van der Waals surface area (Å²) in [7, 11) is 0. The quantitative estimate of drug-likeness (QED) is 0.166. The van der Waals surface area contributed by atoms with Gasteiger partial charge in [0.1, 0.15) is 17.3 Å². The average molecular weight is 909 g/mol. The van der Waals surface area contributed by atoms with Crippen LogP contribution in [0.4, 0.5) is 0 Å². The van der Waals surface area contributed by atoms with Crippen LogP contribution in [0.15, 0.2) is 59.7 Å². The Morgan fingerprint density at radius 3 is 2.24 bits per heavy atom. The first-order chi connectivity index (χ1) is 25.4. The van der Waals surface area contributed by atoms with Gasteiger partial charge >= 0.3 is 21.1 Å². The zero-order chi connectivity index (χ0) is 38.3. The minimum absolute atomic E-state index is 0. The summed E-state index contributed by atoms with van der Waals surface area (Å²) in [5, 5.41) is 2.38. The van der Waals surface area contributed by atoms with Gasteiger partial charge in [-0.1, -0.05) is 100 Å². The fourth-order valence-corrected chi connectivity index (χ4v) is 9.86. The van der Waals surface area contributed by atoms with Gasteiger partial charge in [0.15, 0.2) is 0 Å². The summed E-state index contributed by atoms with van der Waals surface area (Å²) in [6, 6.07) is 25.4. The number of aliphatic imine (C=N–C) groups is 1. The molecule has 6 aromatic rings. The van der Waals surface area contributed by atoms with Gasteiger partial charge in [-0.2, -0.15) is 6.07 Å². The van der Waals surface area contributed by atoms with Crippen molar-refractivity contribution in [1.29, 1.82) is 0 Å². The van der Waals surface area contributed by atoms with Crippen LogP contribution < -0.4 is 4.74 Å². The van der Waals surface area contributed by atoms with Crippen molar-refractivity contribution in [1.82, 2.24) is 9.55 Å². The van der Waals surface area contributed by atoms with Gasteiger partial charge in [0, 0.05) is 34.2 Å². The maximum Gasteiger partial charge on any atom is 2.00 e. The van der Waals surface area contributed by atoms with Crippen LogP contribution in [0, 0.1) is 46.8 Å². The Labute approximate surface area is 340 Å². The van der Waals surface area contributed by atoms with Crippen LogP contribution in [0.3, 0.4) is 0 Å². The number of ether oxygens (including phenoxy) is 2. The topological polar surface area (TPSA) is 48.6 Å². The summed E-state index contributed by atoms with van der Waals surface area (Å²) in [5.74, 6) is 2.89. The van der Waals surface area contributed by atoms with Gasteiger partial charge in [-0.3, -0.25) is 4.99 Å². The molecule has 0 spiro atoms. The molecule has 0 saturated heterocycles. The summed E-state index contributed by atoms with van der Waals surface area (Å²) in [5.41, 5.74) is 14.2. The summed E-state index contributed by atoms with van der Waals surface area (Å²) in [6.07, 6.45) is 5.06. The van der Waals surface area contributed by atoms with Crippen molar-refractivity contribution in [2.45, 2.75) is 124 Å². The first-order valence-electron chi connectivity index (χ1n) is 19.5. The zero-order valence-corrected chi connectivity index (χ0v) is 36.6. The number of nitrogens with zero attached hydrogens (tertiary/aromatic N) is 3. The van der Waals surface area contributed by atoms with Crippen LogP contribution in [-0.2, 0) is 36.6 Å². The van der Waals surface area contributed by atoms with E-state index in [-0.39, 0.29) is 43.0 Å². The molecule has 55 heavy (non-hydrogen) atoms. The van der Waals surface area contributed by atoms with Crippen molar-refractivity contribution < 1.29 is 30.5 Å². The second-order valence-corrected chi connectivity index (χ2v) is 18.4. The third-order valence-electron chi connectivity index (χ3n) is 12.9. The maximum atomic E-state index is 6.95. The third-order valence-corrected chi connectivity index (χ3v) is 12.9. The molecule has 2 aromatic heterocycles. The van der Waals surface area contributed by atoms with Crippen molar-refractivity contribution in [3.8, 4) is 28.4 Å². The van der Waals surface area contributed by atoms with Gasteiger partial charge in [0.25, 0.3) is 0 Å². The van der Waals surface area contributed by atoms with E-state index in [1.165, 1.54) is 55.4 Å². The normalized spacial score (nSPS) is 20.9. The third kappa shape index (κ3) is 5.58. The molecule has 4 heterocycles. The smallest absolute Gasteiger partial charge is 0.512 e. The van der Waals surface area contributed by atoms with E-state index in [0.717, 1.165) is 52.7 Å². The molecule has 1 aliphatic carbocycles. The molecule has 0 unspecified atom stereocenters. The van der Waals surface area contributed by atoms with Crippen molar-refractivity contribution in [3.63, 3.8) is 0 Å². The van der Waals surface area contributed by atoms with Gasteiger partial charge in [-0.05, 0) is 111 Å². The minimum atomic E-state index is -0.320. The van der Waals surface area contributed by atoms with Crippen LogP contribution >= 0.6 is 0 Å². The fraction of sp³-hybridized carbons (Fsp3) is 0.388. The molecule has 0 amide bonds. The standard InChI is InChI=1S/C49H51N3O2.Pt/c1-27-18-30(4)41(31(5)19-27)32-21-33(45-51-48(11)15-13-16-49(48,12)54-45)23-35(22-32)53-40-26-39-36(20-29(40)3)37-24-34(46(6,7)8)25-38-43(37)52(39)44-42(47(38,9)10)28(2)14-17-50-44;/h14,17-22,24-25H,13,15-16H2,1-12H3;/q-2;+2/t48-,49+;/m1./s1. The first-order valence-corrected chi connectivity index (χ1v) is 19.5. The predicted molar refractivity (Wildman–Crippen MR) is 221 cm³/mol. The predicted octanol–water partition coefficient (Wildman–Crippen LogP) is 12.2. The molecule has 9 rings (SSSR count). The van der Waals surface area contributed by atoms with E-state index in [1.54, 1.807) is 0 Å². The average Bonchev–Trinajstić information content (AvgIpc) is 3.64. The zero-order valence-electron chi connectivity index (χ0n) is 34.3. The molecule has 6 heteroatoms. The molecular formula is C49H51N3O2Pt. The number of benzene rings is 4. The van der Waals surface area contributed by atoms with E-state index < -0.39 is 0 Å². The monoisotopic (exact) mass is 908 g/mol. The molecule has 2 atom stereocenters. The molecule has 0 radical (unpaired) electrons. The molecule has 4 aromatic carbocycles. The molecule has 0 N–H and O–H groups in total. The van der Waals surface area contributed by atoms with E-state index in [9.17, 15) is 0 Å². The van der Waals surface area contributed by atoms with Gasteiger partial charge in [-0.25, -0.2) is 4.98 Å². The van der Waals surface area contributed by atoms with Crippen molar-refractivity contribution in [3.05, 3.63) is 117 Å². The Morgan fingerprint density at radius 1 is 0.818 bits per heavy atom. The first kappa shape index (κ1) is 37.7. The largest absolute Gasteiger partial charge is 2.00 e. The number of rotatable bonds is 4. The van der Waals surface area contributed by atoms with E-state index >= 15 is 0 Å². The van der Waals surface area contributed by atoms with E-state index in [1.807, 2.05) is 6.20 Å². The SMILES string of the molecule is Cc1cc(C)c(-c2cc(Oc3[c-]c4c(cc3C)c3cc(C(C)(C)C)cc5c3n4-c3nccc(C)c3C5(C)C)[c-]c(C3=N[C@]4(C)CCC[C@]4(C)O3)c2)c(C)c1.[Pt+2]. The summed E-state index contributed by atoms with van der Waals surface area (Å²) < 4.78 is 16.0. The number of fused-ring (bicyclic) bond motifs is 6. The van der Waals surface area contributed by atoms with Crippen molar-refractivity contribution in [2.24, 2.45) is 4.99 Å². The Kier molecular flexibility index (Phi) is 8.49. The van der Waals surface area contributed by atoms with Crippen LogP contribution in [0.5, 0.6) is 11.5 Å². The van der Waals surface area contributed by atoms with Crippen LogP contribution in [0.1, 0.15) is 118 Å². The number of hydrogen-bond donors (Lipinski definition) is 0. The van der Waals surface area contributed by atoms with Crippen molar-refractivity contribution in [2.75, 3.05) is 0 Å². The van der Waals surface area contributed by atoms with Gasteiger partial charge in [0.05, 0.1) is 5.54 Å². The molecule has 2 aliphatic heterocycles. The van der Waals surface area contributed by atoms with Gasteiger partial charge < -0.3 is 14.0 Å². The number of aryl methyl sites for hydroxylation is 5. The molecule has 284 valence electrons. The second-order valence-electron chi connectivity index (χ2n) is 18.4. The molecule has 3 aliphatic rings. The summed E-state index contributed by atoms with van der Waals surface area (Å²) in [6.45, 7) is 26.9.